The highest BCUT2D eigenvalue weighted by Crippen LogP contribution is 2.25. The fourth-order valence-corrected chi connectivity index (χ4v) is 2.54. The lowest BCUT2D eigenvalue weighted by molar-refractivity contribution is 0.0552. The number of hydrogen-bond acceptors (Lipinski definition) is 8. The first-order chi connectivity index (χ1) is 9.90. The summed E-state index contributed by atoms with van der Waals surface area (Å²) < 4.78 is 43.0. The number of esters is 2. The Balaban J connectivity index is 2.38. The van der Waals surface area contributed by atoms with Crippen LogP contribution in [0.25, 0.3) is 0 Å². The van der Waals surface area contributed by atoms with E-state index in [9.17, 15) is 18.0 Å². The molecule has 0 aromatic carbocycles. The van der Waals surface area contributed by atoms with Gasteiger partial charge in [-0.25, -0.2) is 18.0 Å². The van der Waals surface area contributed by atoms with Gasteiger partial charge >= 0.3 is 11.9 Å². The van der Waals surface area contributed by atoms with Gasteiger partial charge in [0, 0.05) is 0 Å². The first-order valence-corrected chi connectivity index (χ1v) is 7.00. The number of carbonyl (C=O) groups is 2. The van der Waals surface area contributed by atoms with Crippen LogP contribution < -0.4 is 0 Å². The van der Waals surface area contributed by atoms with E-state index in [4.69, 9.17) is 8.83 Å². The van der Waals surface area contributed by atoms with Crippen molar-refractivity contribution in [2.75, 3.05) is 14.2 Å². The first-order valence-electron chi connectivity index (χ1n) is 5.51. The Hall–Kier alpha value is -2.55. The van der Waals surface area contributed by atoms with Gasteiger partial charge in [0.1, 0.15) is 0 Å². The molecule has 2 aromatic heterocycles. The van der Waals surface area contributed by atoms with E-state index in [2.05, 4.69) is 9.47 Å². The van der Waals surface area contributed by atoms with Crippen LogP contribution in [0.1, 0.15) is 21.1 Å². The van der Waals surface area contributed by atoms with Gasteiger partial charge in [0.25, 0.3) is 9.84 Å². The molecule has 0 saturated carbocycles. The maximum Gasteiger partial charge on any atom is 0.374 e. The zero-order valence-corrected chi connectivity index (χ0v) is 11.8. The monoisotopic (exact) mass is 314 g/mol. The standard InChI is InChI=1S/C12H10O8S/c1-17-11(13)7-3-5-9(19-7)21(15,16)10-6-4-8(20-10)12(14)18-2/h3-6H,1-2H3. The van der Waals surface area contributed by atoms with Gasteiger partial charge in [-0.05, 0) is 24.3 Å². The van der Waals surface area contributed by atoms with Crippen LogP contribution in [0.3, 0.4) is 0 Å². The molecule has 0 aliphatic carbocycles. The quantitative estimate of drug-likeness (QED) is 0.775. The third kappa shape index (κ3) is 2.68. The molecule has 0 amide bonds. The number of furan rings is 2. The summed E-state index contributed by atoms with van der Waals surface area (Å²) >= 11 is 0. The molecule has 2 aromatic rings. The van der Waals surface area contributed by atoms with Gasteiger partial charge in [-0.1, -0.05) is 0 Å². The molecule has 9 heteroatoms. The van der Waals surface area contributed by atoms with Gasteiger partial charge in [0.05, 0.1) is 14.2 Å². The van der Waals surface area contributed by atoms with Crippen LogP contribution in [-0.4, -0.2) is 34.6 Å². The van der Waals surface area contributed by atoms with E-state index in [-0.39, 0.29) is 11.5 Å². The minimum Gasteiger partial charge on any atom is -0.463 e. The number of hydrogen-bond donors (Lipinski definition) is 0. The van der Waals surface area contributed by atoms with E-state index in [1.165, 1.54) is 0 Å². The van der Waals surface area contributed by atoms with Crippen molar-refractivity contribution in [1.29, 1.82) is 0 Å². The van der Waals surface area contributed by atoms with Crippen LogP contribution in [-0.2, 0) is 19.3 Å². The lowest BCUT2D eigenvalue weighted by atomic mass is 10.5. The third-order valence-corrected chi connectivity index (χ3v) is 3.96. The molecule has 8 nitrogen and oxygen atoms in total. The molecule has 0 saturated heterocycles. The van der Waals surface area contributed by atoms with Crippen LogP contribution in [0.15, 0.2) is 43.3 Å². The van der Waals surface area contributed by atoms with Crippen LogP contribution in [0, 0.1) is 0 Å². The Labute approximate surface area is 119 Å². The van der Waals surface area contributed by atoms with E-state index < -0.39 is 32.0 Å². The molecule has 0 fully saturated rings. The maximum atomic E-state index is 12.2. The summed E-state index contributed by atoms with van der Waals surface area (Å²) in [6.45, 7) is 0. The Morgan fingerprint density at radius 2 is 1.24 bits per heavy atom. The van der Waals surface area contributed by atoms with Crippen LogP contribution in [0.4, 0.5) is 0 Å². The van der Waals surface area contributed by atoms with Crippen LogP contribution in [0.5, 0.6) is 0 Å². The molecular formula is C12H10O8S. The molecule has 0 aliphatic heterocycles. The zero-order valence-electron chi connectivity index (χ0n) is 11.0. The van der Waals surface area contributed by atoms with Gasteiger partial charge < -0.3 is 18.3 Å². The summed E-state index contributed by atoms with van der Waals surface area (Å²) in [5, 5.41) is -1.01. The fourth-order valence-electron chi connectivity index (χ4n) is 1.45. The van der Waals surface area contributed by atoms with E-state index in [1.54, 1.807) is 0 Å². The Morgan fingerprint density at radius 1 is 0.857 bits per heavy atom. The Morgan fingerprint density at radius 3 is 1.57 bits per heavy atom. The van der Waals surface area contributed by atoms with Crippen molar-refractivity contribution in [3.63, 3.8) is 0 Å². The summed E-state index contributed by atoms with van der Waals surface area (Å²) in [6, 6.07) is 4.48. The number of rotatable bonds is 4. The van der Waals surface area contributed by atoms with Gasteiger partial charge in [-0.15, -0.1) is 0 Å². The van der Waals surface area contributed by atoms with Crippen molar-refractivity contribution < 1.29 is 36.3 Å². The largest absolute Gasteiger partial charge is 0.463 e. The second-order valence-corrected chi connectivity index (χ2v) is 5.54. The lowest BCUT2D eigenvalue weighted by Crippen LogP contribution is -2.02. The van der Waals surface area contributed by atoms with Crippen LogP contribution in [0.2, 0.25) is 0 Å². The maximum absolute atomic E-state index is 12.2. The van der Waals surface area contributed by atoms with Crippen molar-refractivity contribution >= 4 is 21.8 Å². The molecule has 2 rings (SSSR count). The molecular weight excluding hydrogens is 304 g/mol. The van der Waals surface area contributed by atoms with Crippen LogP contribution >= 0.6 is 0 Å². The van der Waals surface area contributed by atoms with E-state index in [0.29, 0.717) is 0 Å². The first kappa shape index (κ1) is 14.9. The second kappa shape index (κ2) is 5.44. The van der Waals surface area contributed by atoms with Gasteiger partial charge in [-0.3, -0.25) is 0 Å². The highest BCUT2D eigenvalue weighted by molar-refractivity contribution is 7.91. The summed E-state index contributed by atoms with van der Waals surface area (Å²) in [7, 11) is -1.86. The van der Waals surface area contributed by atoms with Crippen molar-refractivity contribution in [2.24, 2.45) is 0 Å². The number of ether oxygens (including phenoxy) is 2. The predicted molar refractivity (Wildman–Crippen MR) is 65.5 cm³/mol. The number of carbonyl (C=O) groups excluding carboxylic acids is 2. The smallest absolute Gasteiger partial charge is 0.374 e. The average Bonchev–Trinajstić information content (AvgIpc) is 3.14. The van der Waals surface area contributed by atoms with Gasteiger partial charge in [0.15, 0.2) is 0 Å². The van der Waals surface area contributed by atoms with Crippen molar-refractivity contribution in [3.8, 4) is 0 Å². The minimum atomic E-state index is -4.13. The molecule has 112 valence electrons. The molecule has 0 bridgehead atoms. The van der Waals surface area contributed by atoms with Crippen molar-refractivity contribution in [3.05, 3.63) is 35.8 Å². The normalized spacial score (nSPS) is 11.1. The molecule has 2 heterocycles. The molecule has 0 spiro atoms. The second-order valence-electron chi connectivity index (χ2n) is 3.72. The summed E-state index contributed by atoms with van der Waals surface area (Å²) in [5.41, 5.74) is 0. The van der Waals surface area contributed by atoms with E-state index >= 15 is 0 Å². The number of sulfone groups is 1. The Bertz CT molecular complexity index is 720. The molecule has 0 radical (unpaired) electrons. The summed E-state index contributed by atoms with van der Waals surface area (Å²) in [5.74, 6) is -2.16. The SMILES string of the molecule is COC(=O)c1ccc(S(=O)(=O)c2ccc(C(=O)OC)o2)o1. The average molecular weight is 314 g/mol. The van der Waals surface area contributed by atoms with Gasteiger partial charge in [-0.2, -0.15) is 0 Å². The van der Waals surface area contributed by atoms with E-state index in [0.717, 1.165) is 38.5 Å². The summed E-state index contributed by atoms with van der Waals surface area (Å²) in [4.78, 5) is 22.5. The number of methoxy groups -OCH3 is 2. The molecule has 0 N–H and O–H groups in total. The third-order valence-electron chi connectivity index (χ3n) is 2.47. The highest BCUT2D eigenvalue weighted by atomic mass is 32.2. The van der Waals surface area contributed by atoms with E-state index in [1.807, 2.05) is 0 Å². The highest BCUT2D eigenvalue weighted by Gasteiger charge is 2.28. The molecule has 0 unspecified atom stereocenters. The predicted octanol–water partition coefficient (Wildman–Crippen LogP) is 1.28. The van der Waals surface area contributed by atoms with Crippen molar-refractivity contribution in [2.45, 2.75) is 10.2 Å². The fraction of sp³-hybridized carbons (Fsp3) is 0.167. The zero-order chi connectivity index (χ0) is 15.6. The topological polar surface area (TPSA) is 113 Å². The molecule has 21 heavy (non-hydrogen) atoms. The van der Waals surface area contributed by atoms with Gasteiger partial charge in [0.2, 0.25) is 21.7 Å². The lowest BCUT2D eigenvalue weighted by Gasteiger charge is -1.97. The molecule has 0 atom stereocenters. The Kier molecular flexibility index (Phi) is 3.85. The minimum absolute atomic E-state index is 0.268. The van der Waals surface area contributed by atoms with Crippen molar-refractivity contribution in [1.82, 2.24) is 0 Å². The summed E-state index contributed by atoms with van der Waals surface area (Å²) in [6.07, 6.45) is 0. The molecule has 0 aliphatic rings.